The van der Waals surface area contributed by atoms with E-state index in [2.05, 4.69) is 4.57 Å². The molecule has 4 nitrogen and oxygen atoms in total. The Morgan fingerprint density at radius 3 is 2.75 bits per heavy atom. The minimum absolute atomic E-state index is 0.266. The van der Waals surface area contributed by atoms with Gasteiger partial charge in [0.15, 0.2) is 0 Å². The van der Waals surface area contributed by atoms with Crippen LogP contribution in [-0.4, -0.2) is 21.3 Å². The zero-order valence-electron chi connectivity index (χ0n) is 12.1. The van der Waals surface area contributed by atoms with E-state index in [0.29, 0.717) is 12.3 Å². The van der Waals surface area contributed by atoms with E-state index in [4.69, 9.17) is 22.3 Å². The van der Waals surface area contributed by atoms with Gasteiger partial charge in [-0.05, 0) is 32.4 Å². The van der Waals surface area contributed by atoms with Crippen LogP contribution in [0.5, 0.6) is 0 Å². The number of hydrogen-bond acceptors (Lipinski definition) is 2. The number of fused-ring (bicyclic) bond motifs is 1. The molecule has 1 aromatic carbocycles. The lowest BCUT2D eigenvalue weighted by Crippen LogP contribution is -2.33. The summed E-state index contributed by atoms with van der Waals surface area (Å²) in [7, 11) is 0. The third kappa shape index (κ3) is 2.66. The number of alkyl halides is 1. The monoisotopic (exact) mass is 293 g/mol. The van der Waals surface area contributed by atoms with Gasteiger partial charge < -0.3 is 10.3 Å². The highest BCUT2D eigenvalue weighted by atomic mass is 35.5. The number of benzene rings is 1. The molecule has 2 rings (SSSR count). The van der Waals surface area contributed by atoms with Crippen molar-refractivity contribution in [2.45, 2.75) is 39.2 Å². The van der Waals surface area contributed by atoms with Gasteiger partial charge in [0, 0.05) is 24.3 Å². The molecule has 0 aliphatic carbocycles. The summed E-state index contributed by atoms with van der Waals surface area (Å²) in [6, 6.07) is 6.06. The highest BCUT2D eigenvalue weighted by molar-refractivity contribution is 6.17. The van der Waals surface area contributed by atoms with Gasteiger partial charge in [0.25, 0.3) is 0 Å². The fourth-order valence-corrected chi connectivity index (χ4v) is 2.89. The van der Waals surface area contributed by atoms with Crippen LogP contribution in [0.2, 0.25) is 0 Å². The minimum Gasteiger partial charge on any atom is -0.370 e. The van der Waals surface area contributed by atoms with E-state index in [1.807, 2.05) is 39.0 Å². The minimum atomic E-state index is -0.421. The van der Waals surface area contributed by atoms with Gasteiger partial charge in [-0.25, -0.2) is 4.98 Å². The summed E-state index contributed by atoms with van der Waals surface area (Å²) in [5.41, 5.74) is 8.07. The van der Waals surface area contributed by atoms with Crippen LogP contribution in [0, 0.1) is 6.92 Å². The number of aryl methyl sites for hydroxylation is 2. The summed E-state index contributed by atoms with van der Waals surface area (Å²) < 4.78 is 2.10. The molecule has 0 aliphatic rings. The van der Waals surface area contributed by atoms with E-state index in [-0.39, 0.29) is 12.3 Å². The number of carbonyl (C=O) groups is 1. The van der Waals surface area contributed by atoms with Crippen LogP contribution in [0.4, 0.5) is 0 Å². The molecule has 0 saturated carbocycles. The summed E-state index contributed by atoms with van der Waals surface area (Å²) in [6.07, 6.45) is 0.930. The van der Waals surface area contributed by atoms with Crippen LogP contribution in [-0.2, 0) is 16.8 Å². The third-order valence-electron chi connectivity index (χ3n) is 3.49. The molecule has 0 bridgehead atoms. The van der Waals surface area contributed by atoms with E-state index in [1.165, 1.54) is 0 Å². The molecule has 0 fully saturated rings. The Morgan fingerprint density at radius 2 is 2.15 bits per heavy atom. The number of rotatable bonds is 5. The molecular formula is C15H20ClN3O. The van der Waals surface area contributed by atoms with Crippen molar-refractivity contribution in [3.63, 3.8) is 0 Å². The Morgan fingerprint density at radius 1 is 1.45 bits per heavy atom. The molecule has 0 atom stereocenters. The molecule has 0 aliphatic heterocycles. The lowest BCUT2D eigenvalue weighted by Gasteiger charge is -2.28. The van der Waals surface area contributed by atoms with Gasteiger partial charge in [0.2, 0.25) is 5.91 Å². The van der Waals surface area contributed by atoms with Crippen molar-refractivity contribution in [2.75, 3.05) is 5.88 Å². The SMILES string of the molecule is Cc1cccc2c1nc(CCCl)n2C(C)(C)CC(N)=O. The standard InChI is InChI=1S/C15H20ClN3O/c1-10-5-4-6-11-14(10)18-13(7-8-16)19(11)15(2,3)9-12(17)20/h4-6H,7-9H2,1-3H3,(H2,17,20). The third-order valence-corrected chi connectivity index (χ3v) is 3.68. The van der Waals surface area contributed by atoms with E-state index in [1.54, 1.807) is 0 Å². The molecule has 1 aromatic heterocycles. The maximum absolute atomic E-state index is 11.3. The van der Waals surface area contributed by atoms with Crippen LogP contribution >= 0.6 is 11.6 Å². The van der Waals surface area contributed by atoms with Crippen LogP contribution in [0.15, 0.2) is 18.2 Å². The van der Waals surface area contributed by atoms with Crippen molar-refractivity contribution in [2.24, 2.45) is 5.73 Å². The van der Waals surface area contributed by atoms with E-state index in [0.717, 1.165) is 22.4 Å². The molecule has 2 N–H and O–H groups in total. The number of imidazole rings is 1. The number of hydrogen-bond donors (Lipinski definition) is 1. The van der Waals surface area contributed by atoms with Gasteiger partial charge in [-0.1, -0.05) is 12.1 Å². The molecule has 108 valence electrons. The summed E-state index contributed by atoms with van der Waals surface area (Å²) in [6.45, 7) is 6.03. The van der Waals surface area contributed by atoms with Crippen molar-refractivity contribution >= 4 is 28.5 Å². The van der Waals surface area contributed by atoms with Gasteiger partial charge in [-0.3, -0.25) is 4.79 Å². The number of halogens is 1. The molecule has 1 amide bonds. The highest BCUT2D eigenvalue weighted by Crippen LogP contribution is 2.29. The maximum atomic E-state index is 11.3. The van der Waals surface area contributed by atoms with Gasteiger partial charge in [-0.2, -0.15) is 0 Å². The second-order valence-corrected chi connectivity index (χ2v) is 6.08. The number of nitrogens with zero attached hydrogens (tertiary/aromatic N) is 2. The number of aromatic nitrogens is 2. The van der Waals surface area contributed by atoms with Gasteiger partial charge in [0.05, 0.1) is 11.0 Å². The van der Waals surface area contributed by atoms with Crippen molar-refractivity contribution in [1.82, 2.24) is 9.55 Å². The molecule has 1 heterocycles. The summed E-state index contributed by atoms with van der Waals surface area (Å²) in [5, 5.41) is 0. The molecule has 20 heavy (non-hydrogen) atoms. The van der Waals surface area contributed by atoms with E-state index in [9.17, 15) is 4.79 Å². The van der Waals surface area contributed by atoms with Gasteiger partial charge in [0.1, 0.15) is 5.82 Å². The number of amides is 1. The van der Waals surface area contributed by atoms with Crippen LogP contribution in [0.3, 0.4) is 0 Å². The molecule has 0 saturated heterocycles. The van der Waals surface area contributed by atoms with E-state index >= 15 is 0 Å². The van der Waals surface area contributed by atoms with Crippen LogP contribution in [0.25, 0.3) is 11.0 Å². The largest absolute Gasteiger partial charge is 0.370 e. The summed E-state index contributed by atoms with van der Waals surface area (Å²) in [4.78, 5) is 16.0. The second kappa shape index (κ2) is 5.44. The zero-order valence-corrected chi connectivity index (χ0v) is 12.9. The topological polar surface area (TPSA) is 60.9 Å². The fourth-order valence-electron chi connectivity index (χ4n) is 2.72. The van der Waals surface area contributed by atoms with Crippen molar-refractivity contribution in [3.05, 3.63) is 29.6 Å². The number of para-hydroxylation sites is 1. The smallest absolute Gasteiger partial charge is 0.219 e. The first-order valence-corrected chi connectivity index (χ1v) is 7.22. The Bertz CT molecular complexity index is 646. The average molecular weight is 294 g/mol. The first kappa shape index (κ1) is 14.9. The first-order valence-electron chi connectivity index (χ1n) is 6.68. The highest BCUT2D eigenvalue weighted by Gasteiger charge is 2.28. The summed E-state index contributed by atoms with van der Waals surface area (Å²) >= 11 is 5.89. The Balaban J connectivity index is 2.68. The zero-order chi connectivity index (χ0) is 14.9. The molecule has 0 unspecified atom stereocenters. The van der Waals surface area contributed by atoms with Crippen molar-refractivity contribution < 1.29 is 4.79 Å². The normalized spacial score (nSPS) is 12.0. The number of carbonyl (C=O) groups excluding carboxylic acids is 1. The molecular weight excluding hydrogens is 274 g/mol. The Labute approximate surface area is 123 Å². The Kier molecular flexibility index (Phi) is 4.04. The first-order chi connectivity index (χ1) is 9.36. The molecule has 0 spiro atoms. The average Bonchev–Trinajstić information content (AvgIpc) is 2.68. The quantitative estimate of drug-likeness (QED) is 0.862. The Hall–Kier alpha value is -1.55. The summed E-state index contributed by atoms with van der Waals surface area (Å²) in [5.74, 6) is 1.08. The molecule has 0 radical (unpaired) electrons. The predicted molar refractivity (Wildman–Crippen MR) is 82.0 cm³/mol. The fraction of sp³-hybridized carbons (Fsp3) is 0.467. The van der Waals surface area contributed by atoms with Gasteiger partial charge in [-0.15, -0.1) is 11.6 Å². The predicted octanol–water partition coefficient (Wildman–Crippen LogP) is 2.74. The number of nitrogens with two attached hydrogens (primary N) is 1. The lowest BCUT2D eigenvalue weighted by atomic mass is 9.99. The van der Waals surface area contributed by atoms with Crippen LogP contribution < -0.4 is 5.73 Å². The lowest BCUT2D eigenvalue weighted by molar-refractivity contribution is -0.119. The maximum Gasteiger partial charge on any atom is 0.219 e. The van der Waals surface area contributed by atoms with Gasteiger partial charge >= 0.3 is 0 Å². The molecule has 5 heteroatoms. The van der Waals surface area contributed by atoms with Crippen LogP contribution in [0.1, 0.15) is 31.7 Å². The number of primary amides is 1. The molecule has 2 aromatic rings. The van der Waals surface area contributed by atoms with Crippen molar-refractivity contribution in [1.29, 1.82) is 0 Å². The van der Waals surface area contributed by atoms with E-state index < -0.39 is 5.54 Å². The second-order valence-electron chi connectivity index (χ2n) is 5.70. The van der Waals surface area contributed by atoms with Crippen molar-refractivity contribution in [3.8, 4) is 0 Å².